The van der Waals surface area contributed by atoms with Gasteiger partial charge in [0.25, 0.3) is 0 Å². The third kappa shape index (κ3) is 2.64. The van der Waals surface area contributed by atoms with E-state index in [0.717, 1.165) is 40.5 Å². The van der Waals surface area contributed by atoms with Gasteiger partial charge in [-0.15, -0.1) is 0 Å². The maximum Gasteiger partial charge on any atom is 0.122 e. The van der Waals surface area contributed by atoms with Crippen LogP contribution in [-0.4, -0.2) is 12.2 Å². The van der Waals surface area contributed by atoms with Crippen molar-refractivity contribution in [1.82, 2.24) is 0 Å². The molecule has 4 saturated carbocycles. The molecule has 0 heterocycles. The first-order chi connectivity index (χ1) is 13.1. The fraction of sp³-hybridized carbons (Fsp3) is 0.520. The number of methoxy groups -OCH3 is 1. The lowest BCUT2D eigenvalue weighted by atomic mass is 9.44. The normalized spacial score (nSPS) is 35.2. The number of ether oxygens (including phenoxy) is 1. The first kappa shape index (κ1) is 17.3. The first-order valence-corrected chi connectivity index (χ1v) is 10.5. The van der Waals surface area contributed by atoms with E-state index in [-0.39, 0.29) is 5.41 Å². The van der Waals surface area contributed by atoms with E-state index in [0.29, 0.717) is 0 Å². The monoisotopic (exact) mass is 362 g/mol. The number of hydrogen-bond acceptors (Lipinski definition) is 2. The van der Waals surface area contributed by atoms with Gasteiger partial charge in [-0.2, -0.15) is 0 Å². The molecule has 4 aliphatic rings. The van der Waals surface area contributed by atoms with Crippen molar-refractivity contribution in [2.75, 3.05) is 7.11 Å². The Morgan fingerprint density at radius 1 is 0.889 bits per heavy atom. The third-order valence-corrected chi connectivity index (χ3v) is 8.07. The summed E-state index contributed by atoms with van der Waals surface area (Å²) in [6, 6.07) is 16.3. The van der Waals surface area contributed by atoms with Crippen LogP contribution in [0, 0.1) is 23.7 Å². The summed E-state index contributed by atoms with van der Waals surface area (Å²) in [6.45, 7) is 2.48. The highest BCUT2D eigenvalue weighted by Gasteiger charge is 2.56. The largest absolute Gasteiger partial charge is 0.496 e. The molecule has 2 nitrogen and oxygen atoms in total. The highest BCUT2D eigenvalue weighted by Crippen LogP contribution is 2.63. The molecule has 6 rings (SSSR count). The SMILES string of the molecule is COc1ccc(C(O)c2ccccc2)cc1C1(C)C2CC3CC(C2)CC1C3. The second kappa shape index (κ2) is 6.38. The van der Waals surface area contributed by atoms with E-state index in [1.807, 2.05) is 36.4 Å². The van der Waals surface area contributed by atoms with Gasteiger partial charge in [-0.3, -0.25) is 0 Å². The lowest BCUT2D eigenvalue weighted by molar-refractivity contribution is -0.0531. The molecule has 0 spiro atoms. The fourth-order valence-electron chi connectivity index (χ4n) is 6.75. The Morgan fingerprint density at radius 2 is 1.52 bits per heavy atom. The summed E-state index contributed by atoms with van der Waals surface area (Å²) < 4.78 is 5.83. The predicted molar refractivity (Wildman–Crippen MR) is 108 cm³/mol. The average Bonchev–Trinajstić information content (AvgIpc) is 2.71. The van der Waals surface area contributed by atoms with Crippen LogP contribution < -0.4 is 4.74 Å². The summed E-state index contributed by atoms with van der Waals surface area (Å²) in [4.78, 5) is 0. The van der Waals surface area contributed by atoms with Crippen molar-refractivity contribution < 1.29 is 9.84 Å². The minimum atomic E-state index is -0.587. The maximum atomic E-state index is 11.0. The van der Waals surface area contributed by atoms with E-state index >= 15 is 0 Å². The summed E-state index contributed by atoms with van der Waals surface area (Å²) in [7, 11) is 1.78. The molecule has 1 unspecified atom stereocenters. The van der Waals surface area contributed by atoms with Crippen LogP contribution in [0.25, 0.3) is 0 Å². The molecule has 0 amide bonds. The van der Waals surface area contributed by atoms with Crippen LogP contribution in [0.4, 0.5) is 0 Å². The van der Waals surface area contributed by atoms with Crippen molar-refractivity contribution in [1.29, 1.82) is 0 Å². The fourth-order valence-corrected chi connectivity index (χ4v) is 6.75. The van der Waals surface area contributed by atoms with Gasteiger partial charge in [0.2, 0.25) is 0 Å². The Bertz CT molecular complexity index is 797. The molecule has 27 heavy (non-hydrogen) atoms. The zero-order valence-corrected chi connectivity index (χ0v) is 16.4. The number of aliphatic hydroxyl groups is 1. The molecular formula is C25H30O2. The molecule has 142 valence electrons. The molecule has 0 radical (unpaired) electrons. The van der Waals surface area contributed by atoms with Crippen LogP contribution in [0.3, 0.4) is 0 Å². The van der Waals surface area contributed by atoms with Crippen molar-refractivity contribution in [2.24, 2.45) is 23.7 Å². The maximum absolute atomic E-state index is 11.0. The summed E-state index contributed by atoms with van der Waals surface area (Å²) in [5.74, 6) is 4.40. The molecule has 0 aromatic heterocycles. The molecule has 0 saturated heterocycles. The van der Waals surface area contributed by atoms with Crippen molar-refractivity contribution in [2.45, 2.75) is 50.5 Å². The average molecular weight is 363 g/mol. The van der Waals surface area contributed by atoms with Crippen LogP contribution in [0.15, 0.2) is 48.5 Å². The zero-order chi connectivity index (χ0) is 18.6. The van der Waals surface area contributed by atoms with Gasteiger partial charge in [-0.1, -0.05) is 43.3 Å². The molecular weight excluding hydrogens is 332 g/mol. The molecule has 4 fully saturated rings. The minimum absolute atomic E-state index is 0.172. The third-order valence-electron chi connectivity index (χ3n) is 8.07. The zero-order valence-electron chi connectivity index (χ0n) is 16.4. The van der Waals surface area contributed by atoms with Crippen LogP contribution in [0.5, 0.6) is 5.75 Å². The number of rotatable bonds is 4. The number of benzene rings is 2. The Kier molecular flexibility index (Phi) is 4.09. The summed E-state index contributed by atoms with van der Waals surface area (Å²) in [6.07, 6.45) is 6.37. The molecule has 0 aliphatic heterocycles. The van der Waals surface area contributed by atoms with Crippen molar-refractivity contribution in [3.8, 4) is 5.75 Å². The highest BCUT2D eigenvalue weighted by molar-refractivity contribution is 5.46. The standard InChI is InChI=1S/C25H30O2/c1-25(20-11-16-10-17(13-20)14-21(25)12-16)22-15-19(8-9-23(22)27-2)24(26)18-6-4-3-5-7-18/h3-9,15-17,20-21,24,26H,10-14H2,1-2H3. The van der Waals surface area contributed by atoms with E-state index in [2.05, 4.69) is 19.1 Å². The van der Waals surface area contributed by atoms with Gasteiger partial charge in [-0.25, -0.2) is 0 Å². The van der Waals surface area contributed by atoms with Gasteiger partial charge < -0.3 is 9.84 Å². The first-order valence-electron chi connectivity index (χ1n) is 10.5. The second-order valence-corrected chi connectivity index (χ2v) is 9.36. The van der Waals surface area contributed by atoms with Crippen LogP contribution in [-0.2, 0) is 5.41 Å². The number of hydrogen-bond donors (Lipinski definition) is 1. The van der Waals surface area contributed by atoms with Crippen LogP contribution in [0.2, 0.25) is 0 Å². The van der Waals surface area contributed by atoms with Crippen molar-refractivity contribution >= 4 is 0 Å². The van der Waals surface area contributed by atoms with Crippen LogP contribution >= 0.6 is 0 Å². The van der Waals surface area contributed by atoms with Gasteiger partial charge in [-0.05, 0) is 79.0 Å². The minimum Gasteiger partial charge on any atom is -0.496 e. The van der Waals surface area contributed by atoms with Gasteiger partial charge in [0, 0.05) is 11.0 Å². The topological polar surface area (TPSA) is 29.5 Å². The molecule has 2 aromatic carbocycles. The van der Waals surface area contributed by atoms with Crippen molar-refractivity contribution in [3.63, 3.8) is 0 Å². The van der Waals surface area contributed by atoms with Gasteiger partial charge in [0.05, 0.1) is 7.11 Å². The van der Waals surface area contributed by atoms with E-state index in [4.69, 9.17) is 4.74 Å². The van der Waals surface area contributed by atoms with E-state index in [1.54, 1.807) is 7.11 Å². The molecule has 1 atom stereocenters. The quantitative estimate of drug-likeness (QED) is 0.779. The van der Waals surface area contributed by atoms with Gasteiger partial charge in [0.15, 0.2) is 0 Å². The molecule has 2 heteroatoms. The van der Waals surface area contributed by atoms with Gasteiger partial charge >= 0.3 is 0 Å². The summed E-state index contributed by atoms with van der Waals surface area (Å²) >= 11 is 0. The summed E-state index contributed by atoms with van der Waals surface area (Å²) in [5, 5.41) is 11.0. The van der Waals surface area contributed by atoms with Gasteiger partial charge in [0.1, 0.15) is 11.9 Å². The number of aliphatic hydroxyl groups excluding tert-OH is 1. The summed E-state index contributed by atoms with van der Waals surface area (Å²) in [5.41, 5.74) is 3.42. The second-order valence-electron chi connectivity index (χ2n) is 9.36. The Morgan fingerprint density at radius 3 is 2.11 bits per heavy atom. The Hall–Kier alpha value is -1.80. The van der Waals surface area contributed by atoms with E-state index in [1.165, 1.54) is 37.7 Å². The lowest BCUT2D eigenvalue weighted by Gasteiger charge is -2.60. The molecule has 4 aliphatic carbocycles. The smallest absolute Gasteiger partial charge is 0.122 e. The van der Waals surface area contributed by atoms with E-state index in [9.17, 15) is 5.11 Å². The molecule has 2 aromatic rings. The van der Waals surface area contributed by atoms with E-state index < -0.39 is 6.10 Å². The highest BCUT2D eigenvalue weighted by atomic mass is 16.5. The lowest BCUT2D eigenvalue weighted by Crippen LogP contribution is -2.54. The Balaban J connectivity index is 1.57. The predicted octanol–water partition coefficient (Wildman–Crippen LogP) is 5.49. The Labute approximate surface area is 162 Å². The van der Waals surface area contributed by atoms with Crippen molar-refractivity contribution in [3.05, 3.63) is 65.2 Å². The van der Waals surface area contributed by atoms with Crippen LogP contribution in [0.1, 0.15) is 61.8 Å². The molecule has 1 N–H and O–H groups in total. The molecule has 4 bridgehead atoms.